The van der Waals surface area contributed by atoms with Crippen LogP contribution in [0.3, 0.4) is 0 Å². The third-order valence-corrected chi connectivity index (χ3v) is 6.25. The highest BCUT2D eigenvalue weighted by Gasteiger charge is 2.26. The smallest absolute Gasteiger partial charge is 0.259 e. The second-order valence-corrected chi connectivity index (χ2v) is 10.3. The van der Waals surface area contributed by atoms with E-state index in [0.29, 0.717) is 29.1 Å². The van der Waals surface area contributed by atoms with Crippen LogP contribution in [0, 0.1) is 25.6 Å². The summed E-state index contributed by atoms with van der Waals surface area (Å²) in [5.41, 5.74) is 5.08. The molecule has 2 amide bonds. The molecule has 0 radical (unpaired) electrons. The molecule has 1 aliphatic rings. The van der Waals surface area contributed by atoms with E-state index >= 15 is 0 Å². The molecule has 0 aliphatic heterocycles. The summed E-state index contributed by atoms with van der Waals surface area (Å²) >= 11 is 0. The zero-order chi connectivity index (χ0) is 26.0. The van der Waals surface area contributed by atoms with Crippen molar-refractivity contribution in [3.8, 4) is 5.69 Å². The molecule has 0 saturated carbocycles. The quantitative estimate of drug-likeness (QED) is 0.504. The number of nitrogens with zero attached hydrogens (tertiary/aromatic N) is 3. The molecule has 2 aromatic heterocycles. The summed E-state index contributed by atoms with van der Waals surface area (Å²) in [7, 11) is 0. The topological polar surface area (TPSA) is 88.9 Å². The number of amides is 2. The van der Waals surface area contributed by atoms with E-state index in [2.05, 4.69) is 26.8 Å². The fraction of sp³-hybridized carbons (Fsp3) is 0.357. The number of hydrogen-bond acceptors (Lipinski definition) is 4. The molecular weight excluding hydrogens is 457 g/mol. The molecule has 4 rings (SSSR count). The fourth-order valence-electron chi connectivity index (χ4n) is 4.41. The van der Waals surface area contributed by atoms with Gasteiger partial charge in [0.05, 0.1) is 40.7 Å². The lowest BCUT2D eigenvalue weighted by molar-refractivity contribution is -0.126. The van der Waals surface area contributed by atoms with Gasteiger partial charge in [-0.3, -0.25) is 14.6 Å². The highest BCUT2D eigenvalue weighted by molar-refractivity contribution is 6.05. The lowest BCUT2D eigenvalue weighted by atomic mass is 9.86. The van der Waals surface area contributed by atoms with Crippen molar-refractivity contribution in [1.82, 2.24) is 20.1 Å². The van der Waals surface area contributed by atoms with Crippen LogP contribution in [0.1, 0.15) is 67.3 Å². The van der Waals surface area contributed by atoms with E-state index in [-0.39, 0.29) is 29.1 Å². The van der Waals surface area contributed by atoms with Crippen molar-refractivity contribution >= 4 is 23.1 Å². The van der Waals surface area contributed by atoms with Crippen LogP contribution in [0.25, 0.3) is 11.3 Å². The Bertz CT molecular complexity index is 1320. The average Bonchev–Trinajstić information content (AvgIpc) is 3.20. The van der Waals surface area contributed by atoms with Gasteiger partial charge in [0.1, 0.15) is 5.82 Å². The van der Waals surface area contributed by atoms with E-state index in [9.17, 15) is 14.0 Å². The maximum Gasteiger partial charge on any atom is 0.259 e. The van der Waals surface area contributed by atoms with Crippen LogP contribution in [0.4, 0.5) is 10.1 Å². The first kappa shape index (κ1) is 25.3. The van der Waals surface area contributed by atoms with Gasteiger partial charge >= 0.3 is 0 Å². The third-order valence-electron chi connectivity index (χ3n) is 6.25. The molecule has 0 spiro atoms. The van der Waals surface area contributed by atoms with Gasteiger partial charge in [0, 0.05) is 11.5 Å². The van der Waals surface area contributed by atoms with E-state index < -0.39 is 0 Å². The molecular formula is C28H32FN5O2. The number of carbonyl (C=O) groups excluding carboxylic acids is 2. The van der Waals surface area contributed by atoms with Crippen LogP contribution in [0.2, 0.25) is 0 Å². The molecule has 1 aromatic carbocycles. The van der Waals surface area contributed by atoms with Crippen LogP contribution in [-0.4, -0.2) is 32.1 Å². The molecule has 3 aromatic rings. The van der Waals surface area contributed by atoms with Crippen LogP contribution in [0.5, 0.6) is 0 Å². The van der Waals surface area contributed by atoms with Gasteiger partial charge in [0.2, 0.25) is 5.91 Å². The largest absolute Gasteiger partial charge is 0.351 e. The minimum atomic E-state index is -0.331. The minimum absolute atomic E-state index is 0.0223. The van der Waals surface area contributed by atoms with Crippen molar-refractivity contribution in [3.05, 3.63) is 77.1 Å². The molecule has 36 heavy (non-hydrogen) atoms. The molecule has 0 bridgehead atoms. The lowest BCUT2D eigenvalue weighted by Crippen LogP contribution is -2.44. The Morgan fingerprint density at radius 2 is 1.83 bits per heavy atom. The zero-order valence-corrected chi connectivity index (χ0v) is 21.4. The Morgan fingerprint density at radius 3 is 2.44 bits per heavy atom. The van der Waals surface area contributed by atoms with Gasteiger partial charge < -0.3 is 10.6 Å². The maximum atomic E-state index is 13.2. The van der Waals surface area contributed by atoms with Crippen molar-refractivity contribution in [1.29, 1.82) is 0 Å². The summed E-state index contributed by atoms with van der Waals surface area (Å²) in [6.07, 6.45) is 7.51. The number of allylic oxidation sites excluding steroid dienone is 2. The Hall–Kier alpha value is -3.81. The van der Waals surface area contributed by atoms with E-state index in [1.54, 1.807) is 29.9 Å². The number of hydrogen-bond donors (Lipinski definition) is 2. The van der Waals surface area contributed by atoms with Crippen molar-refractivity contribution < 1.29 is 14.0 Å². The van der Waals surface area contributed by atoms with Crippen molar-refractivity contribution in [2.24, 2.45) is 5.92 Å². The number of aryl methyl sites for hydroxylation is 1. The number of halogens is 1. The minimum Gasteiger partial charge on any atom is -0.351 e. The summed E-state index contributed by atoms with van der Waals surface area (Å²) in [5, 5.41) is 10.3. The summed E-state index contributed by atoms with van der Waals surface area (Å²) in [5.74, 6) is -0.549. The molecule has 188 valence electrons. The van der Waals surface area contributed by atoms with Gasteiger partial charge in [-0.1, -0.05) is 6.08 Å². The van der Waals surface area contributed by atoms with Crippen molar-refractivity contribution in [2.45, 2.75) is 59.4 Å². The van der Waals surface area contributed by atoms with E-state index in [1.807, 2.05) is 33.8 Å². The van der Waals surface area contributed by atoms with Crippen molar-refractivity contribution in [3.63, 3.8) is 0 Å². The van der Waals surface area contributed by atoms with Crippen LogP contribution < -0.4 is 10.6 Å². The second-order valence-electron chi connectivity index (χ2n) is 10.3. The van der Waals surface area contributed by atoms with Crippen LogP contribution in [0.15, 0.2) is 48.8 Å². The first-order valence-corrected chi connectivity index (χ1v) is 12.1. The fourth-order valence-corrected chi connectivity index (χ4v) is 4.41. The SMILES string of the molecule is Cc1cc(NC(=O)c2cnn(-c3ccc(F)cc3)c2C)cnc1C1=CCC(C(=O)NC(C)(C)C)CC1. The number of aromatic nitrogens is 3. The number of anilines is 1. The summed E-state index contributed by atoms with van der Waals surface area (Å²) in [4.78, 5) is 30.0. The van der Waals surface area contributed by atoms with E-state index in [0.717, 1.165) is 29.7 Å². The summed E-state index contributed by atoms with van der Waals surface area (Å²) in [6, 6.07) is 7.84. The Morgan fingerprint density at radius 1 is 1.11 bits per heavy atom. The Kier molecular flexibility index (Phi) is 7.06. The van der Waals surface area contributed by atoms with Gasteiger partial charge in [-0.05, 0) is 95.3 Å². The number of pyridine rings is 1. The highest BCUT2D eigenvalue weighted by Crippen LogP contribution is 2.32. The van der Waals surface area contributed by atoms with Crippen LogP contribution >= 0.6 is 0 Å². The zero-order valence-electron chi connectivity index (χ0n) is 21.4. The normalized spacial score (nSPS) is 15.8. The van der Waals surface area contributed by atoms with Gasteiger partial charge in [-0.15, -0.1) is 0 Å². The van der Waals surface area contributed by atoms with Gasteiger partial charge in [-0.25, -0.2) is 9.07 Å². The maximum absolute atomic E-state index is 13.2. The molecule has 8 heteroatoms. The molecule has 2 N–H and O–H groups in total. The lowest BCUT2D eigenvalue weighted by Gasteiger charge is -2.27. The molecule has 2 heterocycles. The highest BCUT2D eigenvalue weighted by atomic mass is 19.1. The molecule has 1 unspecified atom stereocenters. The third kappa shape index (κ3) is 5.70. The monoisotopic (exact) mass is 489 g/mol. The predicted molar refractivity (Wildman–Crippen MR) is 138 cm³/mol. The van der Waals surface area contributed by atoms with Crippen LogP contribution in [-0.2, 0) is 4.79 Å². The van der Waals surface area contributed by atoms with Gasteiger partial charge in [-0.2, -0.15) is 5.10 Å². The molecule has 1 atom stereocenters. The Labute approximate surface area is 210 Å². The first-order chi connectivity index (χ1) is 17.0. The number of carbonyl (C=O) groups is 2. The van der Waals surface area contributed by atoms with E-state index in [1.165, 1.54) is 18.3 Å². The number of rotatable bonds is 5. The van der Waals surface area contributed by atoms with E-state index in [4.69, 9.17) is 0 Å². The summed E-state index contributed by atoms with van der Waals surface area (Å²) in [6.45, 7) is 9.72. The summed E-state index contributed by atoms with van der Waals surface area (Å²) < 4.78 is 14.8. The molecule has 1 aliphatic carbocycles. The average molecular weight is 490 g/mol. The molecule has 0 fully saturated rings. The standard InChI is InChI=1S/C28H32FN5O2/c1-17-14-22(15-30-25(17)19-6-8-20(9-7-19)26(35)33-28(3,4)5)32-27(36)24-16-31-34(18(24)2)23-12-10-21(29)11-13-23/h6,10-16,20H,7-9H2,1-5H3,(H,32,36)(H,33,35). The Balaban J connectivity index is 1.44. The molecule has 7 nitrogen and oxygen atoms in total. The molecule has 0 saturated heterocycles. The second kappa shape index (κ2) is 10.0. The van der Waals surface area contributed by atoms with Gasteiger partial charge in [0.25, 0.3) is 5.91 Å². The number of benzene rings is 1. The number of nitrogens with one attached hydrogen (secondary N) is 2. The predicted octanol–water partition coefficient (Wildman–Crippen LogP) is 5.37. The first-order valence-electron chi connectivity index (χ1n) is 12.1. The van der Waals surface area contributed by atoms with Crippen molar-refractivity contribution in [2.75, 3.05) is 5.32 Å². The van der Waals surface area contributed by atoms with Gasteiger partial charge in [0.15, 0.2) is 0 Å².